The van der Waals surface area contributed by atoms with E-state index in [0.29, 0.717) is 0 Å². The van der Waals surface area contributed by atoms with Gasteiger partial charge in [-0.2, -0.15) is 17.4 Å². The molecule has 0 rings (SSSR count). The zero-order valence-corrected chi connectivity index (χ0v) is 9.47. The van der Waals surface area contributed by atoms with E-state index >= 15 is 0 Å². The standard InChI is InChI=1S/C7H16F2N2O3S/c1-3-11(4-2)15(13,14)10-5-6(12)7(8)9/h6-7,10,12H,3-5H2,1-2H3. The van der Waals surface area contributed by atoms with Crippen molar-refractivity contribution in [2.24, 2.45) is 0 Å². The summed E-state index contributed by atoms with van der Waals surface area (Å²) in [6, 6.07) is 0. The van der Waals surface area contributed by atoms with Gasteiger partial charge in [-0.3, -0.25) is 0 Å². The van der Waals surface area contributed by atoms with E-state index in [1.54, 1.807) is 13.8 Å². The Bertz CT molecular complexity index is 267. The van der Waals surface area contributed by atoms with Crippen LogP contribution in [0, 0.1) is 0 Å². The number of aliphatic hydroxyl groups excluding tert-OH is 1. The van der Waals surface area contributed by atoms with Crippen molar-refractivity contribution >= 4 is 10.2 Å². The number of hydrogen-bond donors (Lipinski definition) is 2. The van der Waals surface area contributed by atoms with Crippen LogP contribution in [-0.2, 0) is 10.2 Å². The highest BCUT2D eigenvalue weighted by atomic mass is 32.2. The van der Waals surface area contributed by atoms with Gasteiger partial charge in [0.15, 0.2) is 0 Å². The second-order valence-corrected chi connectivity index (χ2v) is 4.59. The van der Waals surface area contributed by atoms with Crippen LogP contribution < -0.4 is 4.72 Å². The van der Waals surface area contributed by atoms with Crippen LogP contribution >= 0.6 is 0 Å². The molecule has 0 aliphatic heterocycles. The number of nitrogens with one attached hydrogen (secondary N) is 1. The highest BCUT2D eigenvalue weighted by molar-refractivity contribution is 7.87. The van der Waals surface area contributed by atoms with Crippen LogP contribution in [-0.4, -0.2) is 50.0 Å². The molecule has 1 unspecified atom stereocenters. The lowest BCUT2D eigenvalue weighted by Crippen LogP contribution is -2.44. The SMILES string of the molecule is CCN(CC)S(=O)(=O)NCC(O)C(F)F. The molecule has 0 fully saturated rings. The maximum Gasteiger partial charge on any atom is 0.279 e. The second-order valence-electron chi connectivity index (χ2n) is 2.84. The van der Waals surface area contributed by atoms with Gasteiger partial charge in [0.2, 0.25) is 0 Å². The molecule has 0 heterocycles. The Morgan fingerprint density at radius 3 is 2.13 bits per heavy atom. The largest absolute Gasteiger partial charge is 0.386 e. The normalized spacial score (nSPS) is 14.9. The van der Waals surface area contributed by atoms with E-state index in [0.717, 1.165) is 4.31 Å². The van der Waals surface area contributed by atoms with Crippen LogP contribution in [0.5, 0.6) is 0 Å². The van der Waals surface area contributed by atoms with Crippen molar-refractivity contribution in [1.82, 2.24) is 9.03 Å². The summed E-state index contributed by atoms with van der Waals surface area (Å²) in [4.78, 5) is 0. The van der Waals surface area contributed by atoms with Crippen LogP contribution in [0.3, 0.4) is 0 Å². The Labute approximate surface area is 88.3 Å². The Morgan fingerprint density at radius 1 is 1.33 bits per heavy atom. The van der Waals surface area contributed by atoms with Crippen LogP contribution in [0.2, 0.25) is 0 Å². The summed E-state index contributed by atoms with van der Waals surface area (Å²) in [7, 11) is -3.76. The quantitative estimate of drug-likeness (QED) is 0.653. The van der Waals surface area contributed by atoms with Crippen LogP contribution in [0.25, 0.3) is 0 Å². The summed E-state index contributed by atoms with van der Waals surface area (Å²) in [5, 5.41) is 8.72. The molecule has 0 amide bonds. The third-order valence-corrected chi connectivity index (χ3v) is 3.54. The molecule has 5 nitrogen and oxygen atoms in total. The molecule has 0 aliphatic carbocycles. The van der Waals surface area contributed by atoms with Crippen molar-refractivity contribution in [3.05, 3.63) is 0 Å². The lowest BCUT2D eigenvalue weighted by Gasteiger charge is -2.19. The highest BCUT2D eigenvalue weighted by Crippen LogP contribution is 2.01. The first-order valence-corrected chi connectivity index (χ1v) is 6.00. The zero-order valence-electron chi connectivity index (χ0n) is 8.65. The Kier molecular flexibility index (Phi) is 6.18. The molecule has 0 spiro atoms. The van der Waals surface area contributed by atoms with Gasteiger partial charge in [0.1, 0.15) is 6.10 Å². The van der Waals surface area contributed by atoms with Crippen LogP contribution in [0.4, 0.5) is 8.78 Å². The molecular weight excluding hydrogens is 230 g/mol. The Hall–Kier alpha value is -0.310. The lowest BCUT2D eigenvalue weighted by molar-refractivity contribution is -0.000618. The third kappa shape index (κ3) is 4.83. The third-order valence-electron chi connectivity index (χ3n) is 1.81. The van der Waals surface area contributed by atoms with Gasteiger partial charge in [0, 0.05) is 19.6 Å². The number of nitrogens with zero attached hydrogens (tertiary/aromatic N) is 1. The van der Waals surface area contributed by atoms with Gasteiger partial charge in [-0.15, -0.1) is 0 Å². The molecule has 0 saturated carbocycles. The molecule has 1 atom stereocenters. The highest BCUT2D eigenvalue weighted by Gasteiger charge is 2.22. The number of hydrogen-bond acceptors (Lipinski definition) is 3. The molecule has 2 N–H and O–H groups in total. The van der Waals surface area contributed by atoms with Crippen molar-refractivity contribution in [2.45, 2.75) is 26.4 Å². The van der Waals surface area contributed by atoms with Crippen molar-refractivity contribution < 1.29 is 22.3 Å². The summed E-state index contributed by atoms with van der Waals surface area (Å²) in [6.07, 6.45) is -4.93. The summed E-state index contributed by atoms with van der Waals surface area (Å²) in [6.45, 7) is 3.07. The fourth-order valence-corrected chi connectivity index (χ4v) is 2.18. The summed E-state index contributed by atoms with van der Waals surface area (Å²) < 4.78 is 49.5. The zero-order chi connectivity index (χ0) is 12.1. The van der Waals surface area contributed by atoms with Crippen molar-refractivity contribution in [1.29, 1.82) is 0 Å². The minimum absolute atomic E-state index is 0.247. The summed E-state index contributed by atoms with van der Waals surface area (Å²) in [5.74, 6) is 0. The molecule has 0 aromatic carbocycles. The Balaban J connectivity index is 4.27. The number of rotatable bonds is 7. The maximum absolute atomic E-state index is 11.9. The van der Waals surface area contributed by atoms with Gasteiger partial charge < -0.3 is 5.11 Å². The molecule has 15 heavy (non-hydrogen) atoms. The first-order valence-electron chi connectivity index (χ1n) is 4.56. The van der Waals surface area contributed by atoms with Gasteiger partial charge in [0.25, 0.3) is 16.6 Å². The molecule has 0 bridgehead atoms. The van der Waals surface area contributed by atoms with Gasteiger partial charge >= 0.3 is 0 Å². The van der Waals surface area contributed by atoms with Crippen molar-refractivity contribution in [2.75, 3.05) is 19.6 Å². The number of alkyl halides is 2. The van der Waals surface area contributed by atoms with E-state index in [9.17, 15) is 17.2 Å². The predicted molar refractivity (Wildman–Crippen MR) is 51.9 cm³/mol. The minimum atomic E-state index is -3.76. The monoisotopic (exact) mass is 246 g/mol. The fraction of sp³-hybridized carbons (Fsp3) is 1.00. The summed E-state index contributed by atoms with van der Waals surface area (Å²) >= 11 is 0. The molecule has 0 aromatic heterocycles. The van der Waals surface area contributed by atoms with Crippen molar-refractivity contribution in [3.8, 4) is 0 Å². The average Bonchev–Trinajstić information content (AvgIpc) is 2.15. The molecule has 0 aliphatic rings. The molecule has 92 valence electrons. The van der Waals surface area contributed by atoms with Gasteiger partial charge in [0.05, 0.1) is 0 Å². The lowest BCUT2D eigenvalue weighted by atomic mass is 10.4. The van der Waals surface area contributed by atoms with Crippen LogP contribution in [0.1, 0.15) is 13.8 Å². The molecule has 0 saturated heterocycles. The number of halogens is 2. The van der Waals surface area contributed by atoms with Crippen molar-refractivity contribution in [3.63, 3.8) is 0 Å². The van der Waals surface area contributed by atoms with E-state index in [4.69, 9.17) is 5.11 Å². The van der Waals surface area contributed by atoms with E-state index in [1.807, 2.05) is 4.72 Å². The fourth-order valence-electron chi connectivity index (χ4n) is 0.935. The van der Waals surface area contributed by atoms with E-state index in [1.165, 1.54) is 0 Å². The van der Waals surface area contributed by atoms with E-state index < -0.39 is 29.3 Å². The molecule has 0 aromatic rings. The van der Waals surface area contributed by atoms with Gasteiger partial charge in [-0.1, -0.05) is 13.8 Å². The van der Waals surface area contributed by atoms with Gasteiger partial charge in [-0.25, -0.2) is 8.78 Å². The summed E-state index contributed by atoms with van der Waals surface area (Å²) in [5.41, 5.74) is 0. The van der Waals surface area contributed by atoms with Gasteiger partial charge in [-0.05, 0) is 0 Å². The molecule has 0 radical (unpaired) electrons. The van der Waals surface area contributed by atoms with E-state index in [-0.39, 0.29) is 13.1 Å². The second kappa shape index (κ2) is 6.31. The minimum Gasteiger partial charge on any atom is -0.386 e. The first-order chi connectivity index (χ1) is 6.85. The predicted octanol–water partition coefficient (Wildman–Crippen LogP) is -0.211. The Morgan fingerprint density at radius 2 is 1.80 bits per heavy atom. The maximum atomic E-state index is 11.9. The van der Waals surface area contributed by atoms with Crippen LogP contribution in [0.15, 0.2) is 0 Å². The molecular formula is C7H16F2N2O3S. The number of aliphatic hydroxyl groups is 1. The molecule has 8 heteroatoms. The smallest absolute Gasteiger partial charge is 0.279 e. The van der Waals surface area contributed by atoms with E-state index in [2.05, 4.69) is 0 Å². The average molecular weight is 246 g/mol. The first kappa shape index (κ1) is 14.7. The topological polar surface area (TPSA) is 69.6 Å².